The molecule has 1 aromatic rings. The number of amides is 2. The molecule has 1 saturated heterocycles. The summed E-state index contributed by atoms with van der Waals surface area (Å²) in [6, 6.07) is 2.44. The largest absolute Gasteiger partial charge is 0.465 e. The van der Waals surface area contributed by atoms with Crippen LogP contribution in [0.4, 0.5) is 10.6 Å². The number of aromatic nitrogens is 1. The fraction of sp³-hybridized carbons (Fsp3) is 0.333. The van der Waals surface area contributed by atoms with Crippen molar-refractivity contribution in [1.29, 1.82) is 0 Å². The van der Waals surface area contributed by atoms with Crippen molar-refractivity contribution in [2.24, 2.45) is 0 Å². The van der Waals surface area contributed by atoms with E-state index in [0.29, 0.717) is 24.3 Å². The fourth-order valence-corrected chi connectivity index (χ4v) is 1.94. The zero-order chi connectivity index (χ0) is 14.0. The van der Waals surface area contributed by atoms with Crippen molar-refractivity contribution < 1.29 is 19.5 Å². The van der Waals surface area contributed by atoms with E-state index in [4.69, 9.17) is 5.11 Å². The summed E-state index contributed by atoms with van der Waals surface area (Å²) in [4.78, 5) is 39.1. The molecule has 0 radical (unpaired) electrons. The van der Waals surface area contributed by atoms with Crippen molar-refractivity contribution in [3.8, 4) is 0 Å². The first-order valence-electron chi connectivity index (χ1n) is 5.77. The van der Waals surface area contributed by atoms with Crippen LogP contribution < -0.4 is 10.2 Å². The van der Waals surface area contributed by atoms with E-state index >= 15 is 0 Å². The molecule has 0 aliphatic carbocycles. The maximum absolute atomic E-state index is 12.0. The number of Topliss-reactive ketones (excluding diaryl/α,β-unsaturated/α-hetero) is 1. The molecule has 1 aliphatic heterocycles. The zero-order valence-electron chi connectivity index (χ0n) is 10.3. The molecule has 7 nitrogen and oxygen atoms in total. The van der Waals surface area contributed by atoms with Crippen molar-refractivity contribution in [3.05, 3.63) is 23.9 Å². The minimum absolute atomic E-state index is 0.0998. The molecule has 0 spiro atoms. The third kappa shape index (κ3) is 2.70. The summed E-state index contributed by atoms with van der Waals surface area (Å²) in [5, 5.41) is 10.8. The van der Waals surface area contributed by atoms with Gasteiger partial charge < -0.3 is 10.4 Å². The quantitative estimate of drug-likeness (QED) is 0.780. The first kappa shape index (κ1) is 13.0. The summed E-state index contributed by atoms with van der Waals surface area (Å²) < 4.78 is 0. The molecule has 2 amide bonds. The van der Waals surface area contributed by atoms with Gasteiger partial charge in [-0.1, -0.05) is 0 Å². The van der Waals surface area contributed by atoms with Crippen LogP contribution in [0.15, 0.2) is 18.3 Å². The highest BCUT2D eigenvalue weighted by molar-refractivity contribution is 6.00. The van der Waals surface area contributed by atoms with Gasteiger partial charge in [0.25, 0.3) is 5.91 Å². The standard InChI is InChI=1S/C12H13N3O4/c1-7(16)8-2-3-10(13-6-8)15-5-4-9(11(15)17)14-12(18)19/h2-3,6,9,14H,4-5H2,1H3,(H,18,19)/t9-/m0/s1. The highest BCUT2D eigenvalue weighted by atomic mass is 16.4. The lowest BCUT2D eigenvalue weighted by atomic mass is 10.2. The molecule has 0 bridgehead atoms. The Labute approximate surface area is 109 Å². The SMILES string of the molecule is CC(=O)c1ccc(N2CC[C@H](NC(=O)O)C2=O)nc1. The monoisotopic (exact) mass is 263 g/mol. The molecule has 100 valence electrons. The molecule has 0 aromatic carbocycles. The summed E-state index contributed by atoms with van der Waals surface area (Å²) in [6.45, 7) is 1.83. The van der Waals surface area contributed by atoms with Crippen LogP contribution in [-0.4, -0.2) is 40.5 Å². The lowest BCUT2D eigenvalue weighted by Gasteiger charge is -2.15. The number of carbonyl (C=O) groups is 3. The van der Waals surface area contributed by atoms with E-state index in [-0.39, 0.29) is 11.7 Å². The topological polar surface area (TPSA) is 99.6 Å². The third-order valence-electron chi connectivity index (χ3n) is 2.93. The normalized spacial score (nSPS) is 18.5. The highest BCUT2D eigenvalue weighted by Gasteiger charge is 2.34. The molecule has 1 fully saturated rings. The van der Waals surface area contributed by atoms with Crippen molar-refractivity contribution in [1.82, 2.24) is 10.3 Å². The van der Waals surface area contributed by atoms with Crippen molar-refractivity contribution in [2.45, 2.75) is 19.4 Å². The lowest BCUT2D eigenvalue weighted by molar-refractivity contribution is -0.118. The molecule has 0 unspecified atom stereocenters. The van der Waals surface area contributed by atoms with Gasteiger partial charge in [-0.05, 0) is 25.5 Å². The van der Waals surface area contributed by atoms with Crippen LogP contribution in [0.2, 0.25) is 0 Å². The van der Waals surface area contributed by atoms with Crippen molar-refractivity contribution in [3.63, 3.8) is 0 Å². The molecule has 7 heteroatoms. The number of ketones is 1. The number of carboxylic acid groups (broad SMARTS) is 1. The minimum atomic E-state index is -1.22. The summed E-state index contributed by atoms with van der Waals surface area (Å²) in [7, 11) is 0. The van der Waals surface area contributed by atoms with Gasteiger partial charge in [0.1, 0.15) is 11.9 Å². The average Bonchev–Trinajstić information content (AvgIpc) is 2.70. The van der Waals surface area contributed by atoms with Gasteiger partial charge in [0, 0.05) is 18.3 Å². The molecule has 2 heterocycles. The Balaban J connectivity index is 2.13. The third-order valence-corrected chi connectivity index (χ3v) is 2.93. The van der Waals surface area contributed by atoms with Crippen LogP contribution in [0.5, 0.6) is 0 Å². The lowest BCUT2D eigenvalue weighted by Crippen LogP contribution is -2.41. The van der Waals surface area contributed by atoms with Gasteiger partial charge in [-0.15, -0.1) is 0 Å². The number of carbonyl (C=O) groups excluding carboxylic acids is 2. The maximum Gasteiger partial charge on any atom is 0.405 e. The first-order valence-corrected chi connectivity index (χ1v) is 5.77. The van der Waals surface area contributed by atoms with Gasteiger partial charge >= 0.3 is 6.09 Å². The Kier molecular flexibility index (Phi) is 3.46. The minimum Gasteiger partial charge on any atom is -0.465 e. The average molecular weight is 263 g/mol. The number of nitrogens with one attached hydrogen (secondary N) is 1. The Hall–Kier alpha value is -2.44. The van der Waals surface area contributed by atoms with Crippen molar-refractivity contribution >= 4 is 23.6 Å². The molecule has 2 rings (SSSR count). The molecular weight excluding hydrogens is 250 g/mol. The van der Waals surface area contributed by atoms with Gasteiger partial charge in [0.05, 0.1) is 0 Å². The number of hydrogen-bond acceptors (Lipinski definition) is 4. The number of anilines is 1. The van der Waals surface area contributed by atoms with Gasteiger partial charge in [-0.3, -0.25) is 14.5 Å². The first-order chi connectivity index (χ1) is 8.99. The Bertz CT molecular complexity index is 526. The van der Waals surface area contributed by atoms with E-state index in [1.807, 2.05) is 0 Å². The summed E-state index contributed by atoms with van der Waals surface area (Å²) in [5.41, 5.74) is 0.468. The second-order valence-electron chi connectivity index (χ2n) is 4.24. The van der Waals surface area contributed by atoms with E-state index < -0.39 is 12.1 Å². The summed E-state index contributed by atoms with van der Waals surface area (Å²) >= 11 is 0. The molecule has 1 aliphatic rings. The van der Waals surface area contributed by atoms with E-state index in [9.17, 15) is 14.4 Å². The van der Waals surface area contributed by atoms with E-state index in [1.54, 1.807) is 12.1 Å². The Morgan fingerprint density at radius 1 is 1.47 bits per heavy atom. The number of rotatable bonds is 3. The molecular formula is C12H13N3O4. The molecule has 1 atom stereocenters. The second kappa shape index (κ2) is 5.05. The molecule has 0 saturated carbocycles. The van der Waals surface area contributed by atoms with Gasteiger partial charge in [-0.2, -0.15) is 0 Å². The maximum atomic E-state index is 12.0. The van der Waals surface area contributed by atoms with Crippen LogP contribution >= 0.6 is 0 Å². The van der Waals surface area contributed by atoms with Gasteiger partial charge in [0.15, 0.2) is 5.78 Å². The van der Waals surface area contributed by atoms with E-state index in [0.717, 1.165) is 0 Å². The zero-order valence-corrected chi connectivity index (χ0v) is 10.3. The molecule has 2 N–H and O–H groups in total. The van der Waals surface area contributed by atoms with Crippen LogP contribution in [0.1, 0.15) is 23.7 Å². The predicted molar refractivity (Wildman–Crippen MR) is 66.2 cm³/mol. The Morgan fingerprint density at radius 3 is 2.74 bits per heavy atom. The fourth-order valence-electron chi connectivity index (χ4n) is 1.94. The predicted octanol–water partition coefficient (Wildman–Crippen LogP) is 0.657. The number of pyridine rings is 1. The van der Waals surface area contributed by atoms with Crippen LogP contribution in [0.25, 0.3) is 0 Å². The number of nitrogens with zero attached hydrogens (tertiary/aromatic N) is 2. The smallest absolute Gasteiger partial charge is 0.405 e. The van der Waals surface area contributed by atoms with Crippen LogP contribution in [0, 0.1) is 0 Å². The highest BCUT2D eigenvalue weighted by Crippen LogP contribution is 2.19. The molecule has 19 heavy (non-hydrogen) atoms. The van der Waals surface area contributed by atoms with Gasteiger partial charge in [-0.25, -0.2) is 9.78 Å². The van der Waals surface area contributed by atoms with Crippen LogP contribution in [-0.2, 0) is 4.79 Å². The summed E-state index contributed by atoms with van der Waals surface area (Å²) in [5.74, 6) is -0.00705. The summed E-state index contributed by atoms with van der Waals surface area (Å²) in [6.07, 6.45) is 0.588. The van der Waals surface area contributed by atoms with E-state index in [2.05, 4.69) is 10.3 Å². The Morgan fingerprint density at radius 2 is 2.21 bits per heavy atom. The van der Waals surface area contributed by atoms with Crippen molar-refractivity contribution in [2.75, 3.05) is 11.4 Å². The van der Waals surface area contributed by atoms with E-state index in [1.165, 1.54) is 18.0 Å². The van der Waals surface area contributed by atoms with Crippen LogP contribution in [0.3, 0.4) is 0 Å². The van der Waals surface area contributed by atoms with Gasteiger partial charge in [0.2, 0.25) is 0 Å². The molecule has 1 aromatic heterocycles. The number of hydrogen-bond donors (Lipinski definition) is 2. The second-order valence-corrected chi connectivity index (χ2v) is 4.24.